The van der Waals surface area contributed by atoms with Crippen molar-refractivity contribution in [1.82, 2.24) is 0 Å². The van der Waals surface area contributed by atoms with Gasteiger partial charge in [0.2, 0.25) is 5.78 Å². The Bertz CT molecular complexity index is 572. The van der Waals surface area contributed by atoms with Gasteiger partial charge in [0.05, 0.1) is 0 Å². The van der Waals surface area contributed by atoms with E-state index in [2.05, 4.69) is 15.9 Å². The third-order valence-electron chi connectivity index (χ3n) is 2.54. The molecule has 1 heterocycles. The fourth-order valence-electron chi connectivity index (χ4n) is 1.66. The maximum absolute atomic E-state index is 12.2. The Balaban J connectivity index is 2.29. The topological polar surface area (TPSA) is 39.4 Å². The van der Waals surface area contributed by atoms with Gasteiger partial charge in [-0.3, -0.25) is 4.79 Å². The molecule has 0 atom stereocenters. The molecular formula is C14H13BrO3. The van der Waals surface area contributed by atoms with E-state index in [4.69, 9.17) is 9.15 Å². The zero-order chi connectivity index (χ0) is 13.1. The lowest BCUT2D eigenvalue weighted by atomic mass is 10.1. The Morgan fingerprint density at radius 1 is 1.33 bits per heavy atom. The largest absolute Gasteiger partial charge is 0.455 e. The van der Waals surface area contributed by atoms with Gasteiger partial charge in [-0.25, -0.2) is 0 Å². The minimum Gasteiger partial charge on any atom is -0.455 e. The predicted molar refractivity (Wildman–Crippen MR) is 71.7 cm³/mol. The van der Waals surface area contributed by atoms with E-state index < -0.39 is 0 Å². The molecule has 94 valence electrons. The van der Waals surface area contributed by atoms with Gasteiger partial charge in [-0.15, -0.1) is 0 Å². The van der Waals surface area contributed by atoms with E-state index in [9.17, 15) is 4.79 Å². The van der Waals surface area contributed by atoms with Gasteiger partial charge < -0.3 is 9.15 Å². The van der Waals surface area contributed by atoms with Gasteiger partial charge in [-0.05, 0) is 36.8 Å². The highest BCUT2D eigenvalue weighted by molar-refractivity contribution is 9.10. The van der Waals surface area contributed by atoms with Crippen molar-refractivity contribution < 1.29 is 13.9 Å². The number of methoxy groups -OCH3 is 1. The van der Waals surface area contributed by atoms with Gasteiger partial charge in [0.15, 0.2) is 5.76 Å². The Labute approximate surface area is 114 Å². The van der Waals surface area contributed by atoms with Crippen LogP contribution in [0, 0.1) is 6.92 Å². The number of rotatable bonds is 4. The molecular weight excluding hydrogens is 296 g/mol. The summed E-state index contributed by atoms with van der Waals surface area (Å²) in [6, 6.07) is 9.02. The van der Waals surface area contributed by atoms with Crippen LogP contribution in [0.3, 0.4) is 0 Å². The van der Waals surface area contributed by atoms with Gasteiger partial charge in [-0.2, -0.15) is 0 Å². The van der Waals surface area contributed by atoms with Crippen molar-refractivity contribution >= 4 is 21.7 Å². The van der Waals surface area contributed by atoms with Crippen molar-refractivity contribution in [2.75, 3.05) is 7.11 Å². The van der Waals surface area contributed by atoms with Crippen molar-refractivity contribution in [1.29, 1.82) is 0 Å². The van der Waals surface area contributed by atoms with Crippen LogP contribution in [-0.4, -0.2) is 12.9 Å². The highest BCUT2D eigenvalue weighted by atomic mass is 79.9. The number of hydrogen-bond donors (Lipinski definition) is 0. The lowest BCUT2D eigenvalue weighted by Crippen LogP contribution is -2.01. The molecule has 0 radical (unpaired) electrons. The second kappa shape index (κ2) is 5.50. The number of carbonyl (C=O) groups is 1. The van der Waals surface area contributed by atoms with E-state index in [1.54, 1.807) is 25.3 Å². The summed E-state index contributed by atoms with van der Waals surface area (Å²) in [5.41, 5.74) is 1.69. The highest BCUT2D eigenvalue weighted by Gasteiger charge is 2.16. The van der Waals surface area contributed by atoms with Crippen LogP contribution < -0.4 is 0 Å². The summed E-state index contributed by atoms with van der Waals surface area (Å²) >= 11 is 3.40. The molecule has 0 bridgehead atoms. The SMILES string of the molecule is COCc1ccc(C(=O)c2ccc(C)cc2Br)o1. The van der Waals surface area contributed by atoms with Crippen LogP contribution in [0.25, 0.3) is 0 Å². The van der Waals surface area contributed by atoms with Crippen molar-refractivity contribution in [2.45, 2.75) is 13.5 Å². The molecule has 0 aliphatic rings. The Morgan fingerprint density at radius 3 is 2.78 bits per heavy atom. The van der Waals surface area contributed by atoms with Crippen molar-refractivity contribution in [2.24, 2.45) is 0 Å². The predicted octanol–water partition coefficient (Wildman–Crippen LogP) is 3.73. The number of aryl methyl sites for hydroxylation is 1. The normalized spacial score (nSPS) is 10.6. The molecule has 2 aromatic rings. The standard InChI is InChI=1S/C14H13BrO3/c1-9-3-5-11(12(15)7-9)14(16)13-6-4-10(18-13)8-17-2/h3-7H,8H2,1-2H3. The first-order chi connectivity index (χ1) is 8.61. The van der Waals surface area contributed by atoms with Crippen molar-refractivity contribution in [3.8, 4) is 0 Å². The summed E-state index contributed by atoms with van der Waals surface area (Å²) in [6.07, 6.45) is 0. The lowest BCUT2D eigenvalue weighted by molar-refractivity contribution is 0.0999. The molecule has 2 rings (SSSR count). The van der Waals surface area contributed by atoms with Gasteiger partial charge in [0.1, 0.15) is 12.4 Å². The number of ketones is 1. The average Bonchev–Trinajstić information content (AvgIpc) is 2.77. The van der Waals surface area contributed by atoms with Crippen LogP contribution in [-0.2, 0) is 11.3 Å². The summed E-state index contributed by atoms with van der Waals surface area (Å²) in [6.45, 7) is 2.34. The molecule has 0 amide bonds. The summed E-state index contributed by atoms with van der Waals surface area (Å²) in [5.74, 6) is 0.833. The molecule has 0 saturated carbocycles. The summed E-state index contributed by atoms with van der Waals surface area (Å²) in [7, 11) is 1.58. The summed E-state index contributed by atoms with van der Waals surface area (Å²) < 4.78 is 11.2. The molecule has 0 aliphatic heterocycles. The Kier molecular flexibility index (Phi) is 3.99. The van der Waals surface area contributed by atoms with Crippen LogP contribution in [0.5, 0.6) is 0 Å². The second-order valence-electron chi connectivity index (χ2n) is 4.01. The van der Waals surface area contributed by atoms with E-state index in [1.165, 1.54) is 0 Å². The molecule has 0 fully saturated rings. The van der Waals surface area contributed by atoms with Gasteiger partial charge in [0, 0.05) is 17.1 Å². The number of ether oxygens (including phenoxy) is 1. The molecule has 0 N–H and O–H groups in total. The smallest absolute Gasteiger partial charge is 0.229 e. The first-order valence-electron chi connectivity index (χ1n) is 5.50. The Hall–Kier alpha value is -1.39. The monoisotopic (exact) mass is 308 g/mol. The van der Waals surface area contributed by atoms with Gasteiger partial charge >= 0.3 is 0 Å². The van der Waals surface area contributed by atoms with Crippen LogP contribution in [0.1, 0.15) is 27.4 Å². The van der Waals surface area contributed by atoms with Crippen LogP contribution >= 0.6 is 15.9 Å². The summed E-state index contributed by atoms with van der Waals surface area (Å²) in [5, 5.41) is 0. The zero-order valence-electron chi connectivity index (χ0n) is 10.2. The first-order valence-corrected chi connectivity index (χ1v) is 6.29. The van der Waals surface area contributed by atoms with E-state index in [0.29, 0.717) is 23.7 Å². The zero-order valence-corrected chi connectivity index (χ0v) is 11.8. The number of benzene rings is 1. The highest BCUT2D eigenvalue weighted by Crippen LogP contribution is 2.22. The quantitative estimate of drug-likeness (QED) is 0.808. The molecule has 1 aromatic heterocycles. The van der Waals surface area contributed by atoms with Crippen LogP contribution in [0.2, 0.25) is 0 Å². The summed E-state index contributed by atoms with van der Waals surface area (Å²) in [4.78, 5) is 12.2. The minimum absolute atomic E-state index is 0.135. The second-order valence-corrected chi connectivity index (χ2v) is 4.87. The molecule has 0 unspecified atom stereocenters. The van der Waals surface area contributed by atoms with E-state index in [1.807, 2.05) is 19.1 Å². The molecule has 0 saturated heterocycles. The van der Waals surface area contributed by atoms with Gasteiger partial charge in [-0.1, -0.05) is 22.0 Å². The average molecular weight is 309 g/mol. The fraction of sp³-hybridized carbons (Fsp3) is 0.214. The lowest BCUT2D eigenvalue weighted by Gasteiger charge is -2.02. The van der Waals surface area contributed by atoms with Crippen molar-refractivity contribution in [3.05, 3.63) is 57.5 Å². The third kappa shape index (κ3) is 2.71. The minimum atomic E-state index is -0.135. The number of halogens is 1. The number of furan rings is 1. The first kappa shape index (κ1) is 13.1. The van der Waals surface area contributed by atoms with Gasteiger partial charge in [0.25, 0.3) is 0 Å². The van der Waals surface area contributed by atoms with E-state index >= 15 is 0 Å². The molecule has 1 aromatic carbocycles. The molecule has 0 spiro atoms. The van der Waals surface area contributed by atoms with Crippen LogP contribution in [0.15, 0.2) is 39.2 Å². The van der Waals surface area contributed by atoms with Crippen LogP contribution in [0.4, 0.5) is 0 Å². The van der Waals surface area contributed by atoms with Crippen molar-refractivity contribution in [3.63, 3.8) is 0 Å². The van der Waals surface area contributed by atoms with E-state index in [0.717, 1.165) is 10.0 Å². The van der Waals surface area contributed by atoms with E-state index in [-0.39, 0.29) is 5.78 Å². The number of hydrogen-bond acceptors (Lipinski definition) is 3. The molecule has 4 heteroatoms. The molecule has 3 nitrogen and oxygen atoms in total. The maximum Gasteiger partial charge on any atom is 0.229 e. The molecule has 0 aliphatic carbocycles. The Morgan fingerprint density at radius 2 is 2.11 bits per heavy atom. The maximum atomic E-state index is 12.2. The third-order valence-corrected chi connectivity index (χ3v) is 3.20. The molecule has 18 heavy (non-hydrogen) atoms. The fourth-order valence-corrected chi connectivity index (χ4v) is 2.33. The number of carbonyl (C=O) groups excluding carboxylic acids is 1.